The molecular weight excluding hydrogens is 483 g/mol. The highest BCUT2D eigenvalue weighted by Crippen LogP contribution is 2.28. The first-order valence-corrected chi connectivity index (χ1v) is 11.7. The largest absolute Gasteiger partial charge is 0.429 e. The fraction of sp³-hybridized carbons (Fsp3) is 0.407. The van der Waals surface area contributed by atoms with Gasteiger partial charge in [0.1, 0.15) is 5.82 Å². The zero-order valence-corrected chi connectivity index (χ0v) is 19.7. The molecule has 9 heteroatoms. The number of rotatable bonds is 10. The Morgan fingerprint density at radius 2 is 1.61 bits per heavy atom. The maximum atomic E-state index is 15.1. The number of benzene rings is 3. The van der Waals surface area contributed by atoms with Crippen LogP contribution in [0.2, 0.25) is 0 Å². The van der Waals surface area contributed by atoms with Crippen LogP contribution in [0.25, 0.3) is 10.8 Å². The van der Waals surface area contributed by atoms with Crippen molar-refractivity contribution in [1.29, 1.82) is 0 Å². The summed E-state index contributed by atoms with van der Waals surface area (Å²) in [6.07, 6.45) is 1.41. The van der Waals surface area contributed by atoms with Crippen LogP contribution in [-0.2, 0) is 33.5 Å². The van der Waals surface area contributed by atoms with Gasteiger partial charge >= 0.3 is 6.61 Å². The van der Waals surface area contributed by atoms with E-state index in [0.29, 0.717) is 43.6 Å². The van der Waals surface area contributed by atoms with Crippen molar-refractivity contribution in [3.8, 4) is 5.75 Å². The Bertz CT molecular complexity index is 1160. The molecule has 0 atom stereocenters. The van der Waals surface area contributed by atoms with Crippen LogP contribution in [0.15, 0.2) is 42.5 Å². The van der Waals surface area contributed by atoms with Gasteiger partial charge in [-0.3, -0.25) is 0 Å². The van der Waals surface area contributed by atoms with Gasteiger partial charge in [-0.05, 0) is 53.5 Å². The number of hydrogen-bond donors (Lipinski definition) is 0. The summed E-state index contributed by atoms with van der Waals surface area (Å²) in [5.41, 5.74) is 1.62. The molecule has 1 aliphatic heterocycles. The number of fused-ring (bicyclic) bond motifs is 1. The number of methoxy groups -OCH3 is 1. The highest BCUT2D eigenvalue weighted by Gasteiger charge is 2.22. The molecule has 0 radical (unpaired) electrons. The van der Waals surface area contributed by atoms with Gasteiger partial charge in [0, 0.05) is 24.8 Å². The summed E-state index contributed by atoms with van der Waals surface area (Å²) in [4.78, 5) is 0. The summed E-state index contributed by atoms with van der Waals surface area (Å²) in [7, 11) is 1.65. The second-order valence-electron chi connectivity index (χ2n) is 8.82. The molecule has 1 saturated heterocycles. The van der Waals surface area contributed by atoms with Gasteiger partial charge in [0.05, 0.1) is 19.8 Å². The van der Waals surface area contributed by atoms with Crippen molar-refractivity contribution < 1.29 is 40.9 Å². The summed E-state index contributed by atoms with van der Waals surface area (Å²) in [6, 6.07) is 10.8. The van der Waals surface area contributed by atoms with Crippen LogP contribution in [0.3, 0.4) is 0 Å². The van der Waals surface area contributed by atoms with Gasteiger partial charge < -0.3 is 18.9 Å². The van der Waals surface area contributed by atoms with E-state index in [9.17, 15) is 17.6 Å². The topological polar surface area (TPSA) is 36.9 Å². The lowest BCUT2D eigenvalue weighted by Crippen LogP contribution is -2.34. The molecule has 36 heavy (non-hydrogen) atoms. The lowest BCUT2D eigenvalue weighted by molar-refractivity contribution is -0.208. The van der Waals surface area contributed by atoms with Crippen molar-refractivity contribution in [1.82, 2.24) is 0 Å². The highest BCUT2D eigenvalue weighted by molar-refractivity contribution is 5.84. The molecule has 0 aromatic heterocycles. The fourth-order valence-corrected chi connectivity index (χ4v) is 4.34. The van der Waals surface area contributed by atoms with Gasteiger partial charge in [-0.15, -0.1) is 0 Å². The molecule has 0 bridgehead atoms. The number of hydrogen-bond acceptors (Lipinski definition) is 4. The maximum Gasteiger partial charge on any atom is 0.387 e. The Balaban J connectivity index is 1.37. The summed E-state index contributed by atoms with van der Waals surface area (Å²) in [5, 5.41) is 1.19. The van der Waals surface area contributed by atoms with E-state index in [2.05, 4.69) is 4.74 Å². The minimum Gasteiger partial charge on any atom is -0.429 e. The Hall–Kier alpha value is -2.75. The molecule has 0 saturated carbocycles. The Morgan fingerprint density at radius 1 is 0.889 bits per heavy atom. The second kappa shape index (κ2) is 12.0. The van der Waals surface area contributed by atoms with Gasteiger partial charge in [0.2, 0.25) is 0 Å². The molecule has 1 aliphatic rings. The molecule has 1 heterocycles. The standard InChI is InChI=1S/C27H27F5O4/c1-33-13-18-14-34-24(35-15-18)9-4-16-3-8-21-20(10-16)7-6-19(25(21)30)5-2-17-11-22(28)26(23(29)12-17)36-27(31)32/h3,6-8,10-12,18,24,27H,2,4-5,9,13-15H2,1H3. The van der Waals surface area contributed by atoms with Gasteiger partial charge in [-0.2, -0.15) is 8.78 Å². The van der Waals surface area contributed by atoms with Crippen molar-refractivity contribution in [2.75, 3.05) is 26.9 Å². The normalized spacial score (nSPS) is 18.2. The summed E-state index contributed by atoms with van der Waals surface area (Å²) in [6.45, 7) is -1.55. The van der Waals surface area contributed by atoms with Crippen LogP contribution in [0.5, 0.6) is 5.75 Å². The molecule has 3 aromatic rings. The SMILES string of the molecule is COCC1COC(CCc2ccc3c(F)c(CCc4cc(F)c(OC(F)F)c(F)c4)ccc3c2)OC1. The van der Waals surface area contributed by atoms with Crippen LogP contribution in [0.1, 0.15) is 23.1 Å². The summed E-state index contributed by atoms with van der Waals surface area (Å²) >= 11 is 0. The van der Waals surface area contributed by atoms with Crippen LogP contribution < -0.4 is 4.74 Å². The number of aryl methyl sites for hydroxylation is 3. The molecule has 0 N–H and O–H groups in total. The first-order chi connectivity index (χ1) is 17.3. The molecule has 194 valence electrons. The Morgan fingerprint density at radius 3 is 2.28 bits per heavy atom. The third kappa shape index (κ3) is 6.52. The van der Waals surface area contributed by atoms with Gasteiger partial charge in [0.15, 0.2) is 23.7 Å². The molecule has 0 unspecified atom stereocenters. The predicted molar refractivity (Wildman–Crippen MR) is 124 cm³/mol. The van der Waals surface area contributed by atoms with Crippen molar-refractivity contribution in [2.24, 2.45) is 5.92 Å². The summed E-state index contributed by atoms with van der Waals surface area (Å²) < 4.78 is 88.1. The van der Waals surface area contributed by atoms with Crippen LogP contribution in [0.4, 0.5) is 22.0 Å². The van der Waals surface area contributed by atoms with E-state index in [-0.39, 0.29) is 30.6 Å². The minimum atomic E-state index is -3.34. The molecule has 0 amide bonds. The Labute approximate surface area is 205 Å². The van der Waals surface area contributed by atoms with Crippen molar-refractivity contribution in [3.63, 3.8) is 0 Å². The lowest BCUT2D eigenvalue weighted by Gasteiger charge is -2.29. The zero-order chi connectivity index (χ0) is 25.7. The third-order valence-corrected chi connectivity index (χ3v) is 6.15. The monoisotopic (exact) mass is 510 g/mol. The zero-order valence-electron chi connectivity index (χ0n) is 19.7. The fourth-order valence-electron chi connectivity index (χ4n) is 4.34. The van der Waals surface area contributed by atoms with E-state index < -0.39 is 29.8 Å². The van der Waals surface area contributed by atoms with Crippen molar-refractivity contribution in [2.45, 2.75) is 38.6 Å². The molecule has 4 nitrogen and oxygen atoms in total. The first kappa shape index (κ1) is 26.3. The smallest absolute Gasteiger partial charge is 0.387 e. The summed E-state index contributed by atoms with van der Waals surface area (Å²) in [5.74, 6) is -3.74. The van der Waals surface area contributed by atoms with Crippen LogP contribution >= 0.6 is 0 Å². The maximum absolute atomic E-state index is 15.1. The number of ether oxygens (including phenoxy) is 4. The van der Waals surface area contributed by atoms with E-state index in [0.717, 1.165) is 23.1 Å². The molecule has 0 spiro atoms. The van der Waals surface area contributed by atoms with Crippen LogP contribution in [0, 0.1) is 23.4 Å². The highest BCUT2D eigenvalue weighted by atomic mass is 19.3. The van der Waals surface area contributed by atoms with E-state index >= 15 is 4.39 Å². The number of halogens is 5. The molecular formula is C27H27F5O4. The van der Waals surface area contributed by atoms with Crippen molar-refractivity contribution in [3.05, 3.63) is 76.6 Å². The molecule has 3 aromatic carbocycles. The van der Waals surface area contributed by atoms with Crippen LogP contribution in [-0.4, -0.2) is 39.8 Å². The van der Waals surface area contributed by atoms with Crippen molar-refractivity contribution >= 4 is 10.8 Å². The predicted octanol–water partition coefficient (Wildman–Crippen LogP) is 6.21. The van der Waals surface area contributed by atoms with E-state index in [1.54, 1.807) is 25.3 Å². The average Bonchev–Trinajstić information content (AvgIpc) is 2.85. The van der Waals surface area contributed by atoms with E-state index in [1.807, 2.05) is 12.1 Å². The quantitative estimate of drug-likeness (QED) is 0.304. The van der Waals surface area contributed by atoms with E-state index in [4.69, 9.17) is 14.2 Å². The first-order valence-electron chi connectivity index (χ1n) is 11.7. The van der Waals surface area contributed by atoms with Gasteiger partial charge in [-0.25, -0.2) is 13.2 Å². The number of alkyl halides is 2. The van der Waals surface area contributed by atoms with E-state index in [1.165, 1.54) is 0 Å². The van der Waals surface area contributed by atoms with Gasteiger partial charge in [-0.1, -0.05) is 30.3 Å². The van der Waals surface area contributed by atoms with Gasteiger partial charge in [0.25, 0.3) is 0 Å². The molecule has 0 aliphatic carbocycles. The molecule has 1 fully saturated rings. The third-order valence-electron chi connectivity index (χ3n) is 6.15. The Kier molecular flexibility index (Phi) is 8.77. The lowest BCUT2D eigenvalue weighted by atomic mass is 9.98. The minimum absolute atomic E-state index is 0.121. The second-order valence-corrected chi connectivity index (χ2v) is 8.82. The average molecular weight is 510 g/mol. The molecule has 4 rings (SSSR count).